The maximum atomic E-state index is 12.8. The van der Waals surface area contributed by atoms with Crippen LogP contribution in [0.2, 0.25) is 0 Å². The van der Waals surface area contributed by atoms with Crippen molar-refractivity contribution in [2.24, 2.45) is 0 Å². The van der Waals surface area contributed by atoms with Gasteiger partial charge < -0.3 is 19.5 Å². The molecule has 1 N–H and O–H groups in total. The number of hydrogen-bond acceptors (Lipinski definition) is 6. The highest BCUT2D eigenvalue weighted by Crippen LogP contribution is 2.41. The smallest absolute Gasteiger partial charge is 0.243 e. The summed E-state index contributed by atoms with van der Waals surface area (Å²) in [4.78, 5) is 12.9. The number of likely N-dealkylation sites (N-methyl/N-ethyl adjacent to an activating group) is 1. The van der Waals surface area contributed by atoms with Crippen LogP contribution in [-0.4, -0.2) is 52.0 Å². The molecule has 0 spiro atoms. The minimum Gasteiger partial charge on any atom is -0.497 e. The number of nitrogens with zero attached hydrogens (tertiary/aromatic N) is 1. The van der Waals surface area contributed by atoms with E-state index in [1.165, 1.54) is 26.3 Å². The number of amides is 1. The van der Waals surface area contributed by atoms with Crippen molar-refractivity contribution in [1.29, 1.82) is 0 Å². The Morgan fingerprint density at radius 3 is 2.35 bits per heavy atom. The Hall–Kier alpha value is -2.78. The molecular weight excluding hydrogens is 420 g/mol. The Kier molecular flexibility index (Phi) is 6.47. The minimum absolute atomic E-state index is 0.0888. The molecule has 0 saturated heterocycles. The summed E-state index contributed by atoms with van der Waals surface area (Å²) in [5.41, 5.74) is 0.313. The number of rotatable bonds is 7. The van der Waals surface area contributed by atoms with Crippen LogP contribution in [0.3, 0.4) is 0 Å². The van der Waals surface area contributed by atoms with Gasteiger partial charge in [-0.1, -0.05) is 0 Å². The first-order valence-electron chi connectivity index (χ1n) is 9.82. The van der Waals surface area contributed by atoms with E-state index in [1.54, 1.807) is 25.3 Å². The van der Waals surface area contributed by atoms with E-state index in [4.69, 9.17) is 14.2 Å². The van der Waals surface area contributed by atoms with Crippen molar-refractivity contribution >= 4 is 15.9 Å². The van der Waals surface area contributed by atoms with Crippen LogP contribution < -0.4 is 19.5 Å². The lowest BCUT2D eigenvalue weighted by Gasteiger charge is -2.38. The SMILES string of the molecule is COc1ccc(S(=O)(=O)N(C)CC(=O)N[C@H]2CC(C)(C)Oc3ccc(OC)cc32)cc1. The molecule has 1 aliphatic rings. The second kappa shape index (κ2) is 8.76. The van der Waals surface area contributed by atoms with Crippen LogP contribution in [0.1, 0.15) is 31.9 Å². The van der Waals surface area contributed by atoms with Crippen LogP contribution in [-0.2, 0) is 14.8 Å². The highest BCUT2D eigenvalue weighted by atomic mass is 32.2. The molecule has 0 fully saturated rings. The van der Waals surface area contributed by atoms with Crippen LogP contribution in [0, 0.1) is 0 Å². The third-order valence-electron chi connectivity index (χ3n) is 5.14. The second-order valence-corrected chi connectivity index (χ2v) is 10.1. The summed E-state index contributed by atoms with van der Waals surface area (Å²) in [5, 5.41) is 2.95. The van der Waals surface area contributed by atoms with E-state index in [2.05, 4.69) is 5.32 Å². The molecule has 0 radical (unpaired) electrons. The zero-order chi connectivity index (χ0) is 22.8. The van der Waals surface area contributed by atoms with Gasteiger partial charge in [-0.3, -0.25) is 4.79 Å². The second-order valence-electron chi connectivity index (χ2n) is 8.03. The Balaban J connectivity index is 1.75. The third kappa shape index (κ3) is 5.11. The number of nitrogens with one attached hydrogen (secondary N) is 1. The predicted octanol–water partition coefficient (Wildman–Crippen LogP) is 2.74. The van der Waals surface area contributed by atoms with Gasteiger partial charge in [-0.15, -0.1) is 0 Å². The van der Waals surface area contributed by atoms with Crippen molar-refractivity contribution in [3.8, 4) is 17.2 Å². The Bertz CT molecular complexity index is 1050. The summed E-state index contributed by atoms with van der Waals surface area (Å²) in [6, 6.07) is 11.1. The molecule has 3 rings (SSSR count). The van der Waals surface area contributed by atoms with Gasteiger partial charge in [0.2, 0.25) is 15.9 Å². The van der Waals surface area contributed by atoms with Gasteiger partial charge in [0.15, 0.2) is 0 Å². The topological polar surface area (TPSA) is 94.2 Å². The molecule has 31 heavy (non-hydrogen) atoms. The van der Waals surface area contributed by atoms with Crippen LogP contribution in [0.5, 0.6) is 17.2 Å². The zero-order valence-electron chi connectivity index (χ0n) is 18.3. The lowest BCUT2D eigenvalue weighted by Crippen LogP contribution is -2.44. The fraction of sp³-hybridized carbons (Fsp3) is 0.409. The van der Waals surface area contributed by atoms with Crippen molar-refractivity contribution in [2.45, 2.75) is 36.8 Å². The number of ether oxygens (including phenoxy) is 3. The van der Waals surface area contributed by atoms with Crippen molar-refractivity contribution in [3.05, 3.63) is 48.0 Å². The number of benzene rings is 2. The number of carbonyl (C=O) groups excluding carboxylic acids is 1. The normalized spacial score (nSPS) is 17.4. The molecule has 1 atom stereocenters. The van der Waals surface area contributed by atoms with E-state index in [0.717, 1.165) is 9.87 Å². The summed E-state index contributed by atoms with van der Waals surface area (Å²) in [5.74, 6) is 1.47. The van der Waals surface area contributed by atoms with Crippen LogP contribution in [0.15, 0.2) is 47.4 Å². The number of fused-ring (bicyclic) bond motifs is 1. The molecule has 9 heteroatoms. The average molecular weight is 449 g/mol. The van der Waals surface area contributed by atoms with E-state index < -0.39 is 21.5 Å². The Morgan fingerprint density at radius 2 is 1.74 bits per heavy atom. The fourth-order valence-corrected chi connectivity index (χ4v) is 4.67. The van der Waals surface area contributed by atoms with Gasteiger partial charge in [-0.2, -0.15) is 4.31 Å². The van der Waals surface area contributed by atoms with Crippen molar-refractivity contribution in [2.75, 3.05) is 27.8 Å². The molecule has 0 aliphatic carbocycles. The van der Waals surface area contributed by atoms with E-state index in [-0.39, 0.29) is 17.5 Å². The van der Waals surface area contributed by atoms with Gasteiger partial charge >= 0.3 is 0 Å². The standard InChI is InChI=1S/C22H28N2O6S/c1-22(2)13-19(18-12-16(29-5)8-11-20(18)30-22)23-21(25)14-24(3)31(26,27)17-9-6-15(28-4)7-10-17/h6-12,19H,13-14H2,1-5H3,(H,23,25)/t19-/m0/s1. The molecule has 168 valence electrons. The zero-order valence-corrected chi connectivity index (χ0v) is 19.2. The van der Waals surface area contributed by atoms with E-state index in [0.29, 0.717) is 23.7 Å². The Labute approximate surface area is 183 Å². The fourth-order valence-electron chi connectivity index (χ4n) is 3.54. The largest absolute Gasteiger partial charge is 0.497 e. The molecule has 1 heterocycles. The first-order valence-corrected chi connectivity index (χ1v) is 11.3. The summed E-state index contributed by atoms with van der Waals surface area (Å²) >= 11 is 0. The molecule has 0 unspecified atom stereocenters. The van der Waals surface area contributed by atoms with Gasteiger partial charge in [0.25, 0.3) is 0 Å². The molecule has 8 nitrogen and oxygen atoms in total. The van der Waals surface area contributed by atoms with Gasteiger partial charge in [-0.05, 0) is 56.3 Å². The molecule has 2 aromatic carbocycles. The lowest BCUT2D eigenvalue weighted by atomic mass is 9.89. The maximum absolute atomic E-state index is 12.8. The minimum atomic E-state index is -3.82. The van der Waals surface area contributed by atoms with Crippen LogP contribution >= 0.6 is 0 Å². The highest BCUT2D eigenvalue weighted by molar-refractivity contribution is 7.89. The quantitative estimate of drug-likeness (QED) is 0.700. The molecule has 0 saturated carbocycles. The number of sulfonamides is 1. The highest BCUT2D eigenvalue weighted by Gasteiger charge is 2.35. The maximum Gasteiger partial charge on any atom is 0.243 e. The summed E-state index contributed by atoms with van der Waals surface area (Å²) in [6.45, 7) is 3.57. The van der Waals surface area contributed by atoms with Crippen LogP contribution in [0.4, 0.5) is 0 Å². The van der Waals surface area contributed by atoms with Gasteiger partial charge in [0.1, 0.15) is 22.8 Å². The predicted molar refractivity (Wildman–Crippen MR) is 116 cm³/mol. The van der Waals surface area contributed by atoms with E-state index in [1.807, 2.05) is 26.0 Å². The van der Waals surface area contributed by atoms with E-state index in [9.17, 15) is 13.2 Å². The van der Waals surface area contributed by atoms with Gasteiger partial charge in [-0.25, -0.2) is 8.42 Å². The summed E-state index contributed by atoms with van der Waals surface area (Å²) in [6.07, 6.45) is 0.536. The molecule has 1 amide bonds. The molecule has 1 aliphatic heterocycles. The average Bonchev–Trinajstić information content (AvgIpc) is 2.72. The molecule has 0 bridgehead atoms. The van der Waals surface area contributed by atoms with Crippen LogP contribution in [0.25, 0.3) is 0 Å². The summed E-state index contributed by atoms with van der Waals surface area (Å²) in [7, 11) is 0.634. The van der Waals surface area contributed by atoms with Crippen molar-refractivity contribution < 1.29 is 27.4 Å². The number of hydrogen-bond donors (Lipinski definition) is 1. The van der Waals surface area contributed by atoms with Gasteiger partial charge in [0.05, 0.1) is 31.7 Å². The number of carbonyl (C=O) groups is 1. The first-order chi connectivity index (χ1) is 14.6. The molecule has 2 aromatic rings. The molecular formula is C22H28N2O6S. The van der Waals surface area contributed by atoms with Gasteiger partial charge in [0, 0.05) is 19.0 Å². The van der Waals surface area contributed by atoms with Crippen molar-refractivity contribution in [1.82, 2.24) is 9.62 Å². The first kappa shape index (κ1) is 22.9. The lowest BCUT2D eigenvalue weighted by molar-refractivity contribution is -0.122. The molecule has 0 aromatic heterocycles. The third-order valence-corrected chi connectivity index (χ3v) is 6.96. The monoisotopic (exact) mass is 448 g/mol. The Morgan fingerprint density at radius 1 is 1.13 bits per heavy atom. The summed E-state index contributed by atoms with van der Waals surface area (Å²) < 4.78 is 43.0. The van der Waals surface area contributed by atoms with Crippen molar-refractivity contribution in [3.63, 3.8) is 0 Å². The number of methoxy groups -OCH3 is 2. The van der Waals surface area contributed by atoms with E-state index >= 15 is 0 Å².